The van der Waals surface area contributed by atoms with Gasteiger partial charge in [0.1, 0.15) is 5.82 Å². The van der Waals surface area contributed by atoms with Crippen LogP contribution in [0.15, 0.2) is 18.2 Å². The molecule has 0 spiro atoms. The fourth-order valence-electron chi connectivity index (χ4n) is 1.14. The van der Waals surface area contributed by atoms with Crippen LogP contribution in [0.4, 0.5) is 4.39 Å². The maximum absolute atomic E-state index is 12.7. The molecule has 1 N–H and O–H groups in total. The Hall–Kier alpha value is -0.650. The molecule has 0 fully saturated rings. The summed E-state index contributed by atoms with van der Waals surface area (Å²) in [4.78, 5) is 11.5. The minimum Gasteiger partial charge on any atom is -0.351 e. The lowest BCUT2D eigenvalue weighted by Gasteiger charge is -2.05. The van der Waals surface area contributed by atoms with E-state index < -0.39 is 0 Å². The normalized spacial score (nSPS) is 9.93. The van der Waals surface area contributed by atoms with Gasteiger partial charge in [-0.3, -0.25) is 4.79 Å². The van der Waals surface area contributed by atoms with Crippen LogP contribution in [0.2, 0.25) is 0 Å². The molecule has 14 heavy (non-hydrogen) atoms. The first kappa shape index (κ1) is 11.4. The predicted octanol–water partition coefficient (Wildman–Crippen LogP) is 2.30. The number of amides is 1. The first-order valence-corrected chi connectivity index (χ1v) is 5.78. The number of rotatable bonds is 3. The van der Waals surface area contributed by atoms with E-state index in [1.165, 1.54) is 18.2 Å². The van der Waals surface area contributed by atoms with Crippen LogP contribution in [0.25, 0.3) is 0 Å². The fourth-order valence-corrected chi connectivity index (χ4v) is 1.41. The van der Waals surface area contributed by atoms with Crippen molar-refractivity contribution in [1.29, 1.82) is 0 Å². The van der Waals surface area contributed by atoms with Crippen molar-refractivity contribution in [2.45, 2.75) is 6.92 Å². The van der Waals surface area contributed by atoms with Crippen molar-refractivity contribution in [2.24, 2.45) is 0 Å². The van der Waals surface area contributed by atoms with Gasteiger partial charge in [0.25, 0.3) is 5.91 Å². The Morgan fingerprint density at radius 1 is 1.57 bits per heavy atom. The van der Waals surface area contributed by atoms with Crippen molar-refractivity contribution in [2.75, 3.05) is 11.0 Å². The predicted molar refractivity (Wildman–Crippen MR) is 62.4 cm³/mol. The number of hydrogen-bond donors (Lipinski definition) is 1. The molecule has 0 saturated heterocycles. The molecular formula is C10H11FINO. The molecule has 0 aliphatic heterocycles. The molecule has 0 atom stereocenters. The molecule has 1 amide bonds. The summed E-state index contributed by atoms with van der Waals surface area (Å²) in [7, 11) is 0. The summed E-state index contributed by atoms with van der Waals surface area (Å²) >= 11 is 2.18. The van der Waals surface area contributed by atoms with E-state index in [4.69, 9.17) is 0 Å². The van der Waals surface area contributed by atoms with Crippen molar-refractivity contribution >= 4 is 28.5 Å². The van der Waals surface area contributed by atoms with E-state index in [-0.39, 0.29) is 11.7 Å². The van der Waals surface area contributed by atoms with Crippen LogP contribution < -0.4 is 5.32 Å². The Labute approximate surface area is 96.0 Å². The minimum absolute atomic E-state index is 0.140. The molecule has 0 saturated carbocycles. The third-order valence-corrected chi connectivity index (χ3v) is 2.35. The lowest BCUT2D eigenvalue weighted by molar-refractivity contribution is 0.0956. The Bertz CT molecular complexity index is 341. The minimum atomic E-state index is -0.312. The van der Waals surface area contributed by atoms with Gasteiger partial charge in [0.05, 0.1) is 0 Å². The van der Waals surface area contributed by atoms with Gasteiger partial charge in [0.15, 0.2) is 0 Å². The number of alkyl halides is 1. The molecule has 0 unspecified atom stereocenters. The molecule has 0 radical (unpaired) electrons. The average Bonchev–Trinajstić information content (AvgIpc) is 2.14. The Balaban J connectivity index is 2.80. The first-order chi connectivity index (χ1) is 6.65. The summed E-state index contributed by atoms with van der Waals surface area (Å²) in [5.74, 6) is -0.452. The standard InChI is InChI=1S/C10H11FINO/c1-7-6-8(11)2-3-9(7)10(14)13-5-4-12/h2-3,6H,4-5H2,1H3,(H,13,14). The van der Waals surface area contributed by atoms with Gasteiger partial charge in [-0.05, 0) is 30.7 Å². The number of aryl methyl sites for hydroxylation is 1. The summed E-state index contributed by atoms with van der Waals surface area (Å²) in [5, 5.41) is 2.74. The van der Waals surface area contributed by atoms with E-state index in [1.54, 1.807) is 6.92 Å². The van der Waals surface area contributed by atoms with E-state index in [0.717, 1.165) is 4.43 Å². The molecule has 2 nitrogen and oxygen atoms in total. The van der Waals surface area contributed by atoms with Gasteiger partial charge in [0, 0.05) is 16.5 Å². The summed E-state index contributed by atoms with van der Waals surface area (Å²) in [6.45, 7) is 2.36. The highest BCUT2D eigenvalue weighted by Crippen LogP contribution is 2.09. The smallest absolute Gasteiger partial charge is 0.251 e. The van der Waals surface area contributed by atoms with Gasteiger partial charge in [-0.2, -0.15) is 0 Å². The number of carbonyl (C=O) groups excluding carboxylic acids is 1. The van der Waals surface area contributed by atoms with Gasteiger partial charge >= 0.3 is 0 Å². The number of hydrogen-bond acceptors (Lipinski definition) is 1. The van der Waals surface area contributed by atoms with Crippen LogP contribution in [0.5, 0.6) is 0 Å². The van der Waals surface area contributed by atoms with Gasteiger partial charge in [-0.25, -0.2) is 4.39 Å². The average molecular weight is 307 g/mol. The third kappa shape index (κ3) is 2.94. The monoisotopic (exact) mass is 307 g/mol. The molecule has 0 heterocycles. The third-order valence-electron chi connectivity index (χ3n) is 1.81. The molecule has 0 aromatic heterocycles. The second-order valence-electron chi connectivity index (χ2n) is 2.90. The van der Waals surface area contributed by atoms with Crippen LogP contribution in [-0.2, 0) is 0 Å². The Kier molecular flexibility index (Phi) is 4.31. The molecule has 76 valence electrons. The van der Waals surface area contributed by atoms with Crippen molar-refractivity contribution in [3.63, 3.8) is 0 Å². The molecular weight excluding hydrogens is 296 g/mol. The van der Waals surface area contributed by atoms with Crippen molar-refractivity contribution in [3.05, 3.63) is 35.1 Å². The number of nitrogens with one attached hydrogen (secondary N) is 1. The SMILES string of the molecule is Cc1cc(F)ccc1C(=O)NCCI. The molecule has 0 aliphatic carbocycles. The lowest BCUT2D eigenvalue weighted by atomic mass is 10.1. The number of halogens is 2. The fraction of sp³-hybridized carbons (Fsp3) is 0.300. The van der Waals surface area contributed by atoms with Crippen LogP contribution >= 0.6 is 22.6 Å². The number of carbonyl (C=O) groups is 1. The second kappa shape index (κ2) is 5.29. The zero-order chi connectivity index (χ0) is 10.6. The van der Waals surface area contributed by atoms with Gasteiger partial charge in [-0.15, -0.1) is 0 Å². The van der Waals surface area contributed by atoms with Crippen LogP contribution in [-0.4, -0.2) is 16.9 Å². The summed E-state index contributed by atoms with van der Waals surface area (Å²) in [5.41, 5.74) is 1.20. The van der Waals surface area contributed by atoms with E-state index in [2.05, 4.69) is 27.9 Å². The molecule has 0 bridgehead atoms. The van der Waals surface area contributed by atoms with Crippen LogP contribution in [0.3, 0.4) is 0 Å². The highest BCUT2D eigenvalue weighted by Gasteiger charge is 2.08. The topological polar surface area (TPSA) is 29.1 Å². The van der Waals surface area contributed by atoms with Crippen molar-refractivity contribution < 1.29 is 9.18 Å². The highest BCUT2D eigenvalue weighted by atomic mass is 127. The maximum atomic E-state index is 12.7. The molecule has 1 aromatic rings. The highest BCUT2D eigenvalue weighted by molar-refractivity contribution is 14.1. The summed E-state index contributed by atoms with van der Waals surface area (Å²) in [6.07, 6.45) is 0. The quantitative estimate of drug-likeness (QED) is 0.674. The second-order valence-corrected chi connectivity index (χ2v) is 3.98. The van der Waals surface area contributed by atoms with Crippen molar-refractivity contribution in [3.8, 4) is 0 Å². The number of benzene rings is 1. The largest absolute Gasteiger partial charge is 0.351 e. The van der Waals surface area contributed by atoms with Crippen LogP contribution in [0.1, 0.15) is 15.9 Å². The summed E-state index contributed by atoms with van der Waals surface area (Å²) < 4.78 is 13.6. The van der Waals surface area contributed by atoms with E-state index >= 15 is 0 Å². The first-order valence-electron chi connectivity index (χ1n) is 4.25. The molecule has 1 rings (SSSR count). The zero-order valence-electron chi connectivity index (χ0n) is 7.81. The summed E-state index contributed by atoms with van der Waals surface area (Å²) in [6, 6.07) is 4.16. The van der Waals surface area contributed by atoms with E-state index in [1.807, 2.05) is 0 Å². The molecule has 1 aromatic carbocycles. The van der Waals surface area contributed by atoms with Gasteiger partial charge in [-0.1, -0.05) is 22.6 Å². The van der Waals surface area contributed by atoms with Gasteiger partial charge in [0.2, 0.25) is 0 Å². The lowest BCUT2D eigenvalue weighted by Crippen LogP contribution is -2.25. The maximum Gasteiger partial charge on any atom is 0.251 e. The molecule has 0 aliphatic rings. The zero-order valence-corrected chi connectivity index (χ0v) is 9.97. The van der Waals surface area contributed by atoms with Crippen LogP contribution in [0, 0.1) is 12.7 Å². The van der Waals surface area contributed by atoms with Gasteiger partial charge < -0.3 is 5.32 Å². The molecule has 4 heteroatoms. The van der Waals surface area contributed by atoms with E-state index in [9.17, 15) is 9.18 Å². The van der Waals surface area contributed by atoms with Crippen molar-refractivity contribution in [1.82, 2.24) is 5.32 Å². The Morgan fingerprint density at radius 3 is 2.86 bits per heavy atom. The van der Waals surface area contributed by atoms with E-state index in [0.29, 0.717) is 17.7 Å². The Morgan fingerprint density at radius 2 is 2.29 bits per heavy atom.